The van der Waals surface area contributed by atoms with Gasteiger partial charge >= 0.3 is 0 Å². The summed E-state index contributed by atoms with van der Waals surface area (Å²) in [5, 5.41) is 5.01. The average molecular weight is 294 g/mol. The van der Waals surface area contributed by atoms with Gasteiger partial charge in [-0.3, -0.25) is 0 Å². The van der Waals surface area contributed by atoms with E-state index in [4.69, 9.17) is 14.9 Å². The van der Waals surface area contributed by atoms with Crippen LogP contribution < -0.4 is 11.1 Å². The predicted octanol–water partition coefficient (Wildman–Crippen LogP) is 1.84. The molecule has 0 fully saturated rings. The second kappa shape index (κ2) is 7.06. The molecule has 108 valence electrons. The van der Waals surface area contributed by atoms with E-state index >= 15 is 0 Å². The van der Waals surface area contributed by atoms with Gasteiger partial charge in [0.2, 0.25) is 5.89 Å². The smallest absolute Gasteiger partial charge is 0.236 e. The lowest BCUT2D eigenvalue weighted by Gasteiger charge is -2.12. The first kappa shape index (κ1) is 14.5. The molecule has 0 aliphatic heterocycles. The molecule has 0 bridgehead atoms. The highest BCUT2D eigenvalue weighted by Gasteiger charge is 2.07. The summed E-state index contributed by atoms with van der Waals surface area (Å²) in [5.74, 6) is 0.986. The van der Waals surface area contributed by atoms with E-state index in [-0.39, 0.29) is 6.04 Å². The lowest BCUT2D eigenvalue weighted by Crippen LogP contribution is -2.40. The Hall–Kier alpha value is -1.86. The van der Waals surface area contributed by atoms with Gasteiger partial charge in [0.25, 0.3) is 0 Å². The normalized spacial score (nSPS) is 13.4. The Morgan fingerprint density at radius 3 is 3.20 bits per heavy atom. The van der Waals surface area contributed by atoms with E-state index in [9.17, 15) is 0 Å². The average Bonchev–Trinajstić information content (AvgIpc) is 3.07. The van der Waals surface area contributed by atoms with Gasteiger partial charge in [0.05, 0.1) is 18.0 Å². The largest absolute Gasteiger partial charge is 0.443 e. The molecule has 0 saturated carbocycles. The maximum Gasteiger partial charge on any atom is 0.236 e. The van der Waals surface area contributed by atoms with Crippen LogP contribution in [0, 0.1) is 0 Å². The first-order valence-corrected chi connectivity index (χ1v) is 7.10. The molecule has 0 saturated heterocycles. The molecule has 20 heavy (non-hydrogen) atoms. The predicted molar refractivity (Wildman–Crippen MR) is 79.6 cm³/mol. The van der Waals surface area contributed by atoms with Crippen molar-refractivity contribution in [2.75, 3.05) is 13.7 Å². The highest BCUT2D eigenvalue weighted by molar-refractivity contribution is 7.13. The summed E-state index contributed by atoms with van der Waals surface area (Å²) in [6.45, 7) is 2.92. The lowest BCUT2D eigenvalue weighted by molar-refractivity contribution is 0.179. The zero-order valence-corrected chi connectivity index (χ0v) is 12.3. The summed E-state index contributed by atoms with van der Waals surface area (Å²) in [5.41, 5.74) is 6.53. The summed E-state index contributed by atoms with van der Waals surface area (Å²) in [6, 6.07) is 4.04. The molecule has 2 aromatic rings. The Bertz CT molecular complexity index is 550. The van der Waals surface area contributed by atoms with E-state index in [1.807, 2.05) is 24.4 Å². The van der Waals surface area contributed by atoms with Crippen LogP contribution in [0.5, 0.6) is 0 Å². The molecule has 6 nitrogen and oxygen atoms in total. The second-order valence-electron chi connectivity index (χ2n) is 4.32. The van der Waals surface area contributed by atoms with Crippen LogP contribution in [-0.2, 0) is 11.3 Å². The minimum absolute atomic E-state index is 0.114. The number of hydrogen-bond donors (Lipinski definition) is 2. The minimum Gasteiger partial charge on any atom is -0.443 e. The Morgan fingerprint density at radius 2 is 2.50 bits per heavy atom. The van der Waals surface area contributed by atoms with Gasteiger partial charge < -0.3 is 20.2 Å². The molecule has 1 atom stereocenters. The second-order valence-corrected chi connectivity index (χ2v) is 5.27. The van der Waals surface area contributed by atoms with Crippen LogP contribution >= 0.6 is 11.3 Å². The Labute approximate surface area is 121 Å². The van der Waals surface area contributed by atoms with Gasteiger partial charge in [-0.1, -0.05) is 6.07 Å². The number of hydrogen-bond acceptors (Lipinski definition) is 5. The number of nitrogens with one attached hydrogen (secondary N) is 1. The summed E-state index contributed by atoms with van der Waals surface area (Å²) in [7, 11) is 1.65. The number of guanidine groups is 1. The van der Waals surface area contributed by atoms with Crippen LogP contribution in [0.1, 0.15) is 12.6 Å². The van der Waals surface area contributed by atoms with Gasteiger partial charge in [-0.2, -0.15) is 0 Å². The number of nitrogens with two attached hydrogens (primary N) is 1. The van der Waals surface area contributed by atoms with Crippen LogP contribution in [-0.4, -0.2) is 30.7 Å². The molecule has 0 aromatic carbocycles. The van der Waals surface area contributed by atoms with Crippen molar-refractivity contribution in [3.05, 3.63) is 29.5 Å². The zero-order valence-electron chi connectivity index (χ0n) is 11.5. The summed E-state index contributed by atoms with van der Waals surface area (Å²) >= 11 is 1.58. The highest BCUT2D eigenvalue weighted by atomic mass is 32.1. The third-order valence-electron chi connectivity index (χ3n) is 2.51. The molecule has 0 aliphatic rings. The van der Waals surface area contributed by atoms with Gasteiger partial charge in [-0.05, 0) is 18.4 Å². The van der Waals surface area contributed by atoms with E-state index in [0.29, 0.717) is 25.0 Å². The number of oxazole rings is 1. The van der Waals surface area contributed by atoms with Gasteiger partial charge in [-0.25, -0.2) is 9.98 Å². The van der Waals surface area contributed by atoms with Crippen molar-refractivity contribution in [3.8, 4) is 10.8 Å². The van der Waals surface area contributed by atoms with E-state index in [0.717, 1.165) is 10.6 Å². The van der Waals surface area contributed by atoms with Crippen LogP contribution in [0.25, 0.3) is 10.8 Å². The molecule has 2 aromatic heterocycles. The van der Waals surface area contributed by atoms with Crippen LogP contribution in [0.15, 0.2) is 33.2 Å². The standard InChI is InChI=1S/C13H18N4O2S/c1-9(7-18-2)16-13(14)15-6-10-8-19-12(17-10)11-4-3-5-20-11/h3-5,8-9H,6-7H2,1-2H3,(H3,14,15,16). The van der Waals surface area contributed by atoms with E-state index < -0.39 is 0 Å². The van der Waals surface area contributed by atoms with Gasteiger partial charge in [0.15, 0.2) is 5.96 Å². The third-order valence-corrected chi connectivity index (χ3v) is 3.36. The fraction of sp³-hybridized carbons (Fsp3) is 0.385. The summed E-state index contributed by atoms with van der Waals surface area (Å²) in [4.78, 5) is 9.59. The van der Waals surface area contributed by atoms with Crippen LogP contribution in [0.3, 0.4) is 0 Å². The van der Waals surface area contributed by atoms with E-state index in [1.54, 1.807) is 24.7 Å². The van der Waals surface area contributed by atoms with Gasteiger partial charge in [-0.15, -0.1) is 11.3 Å². The minimum atomic E-state index is 0.114. The van der Waals surface area contributed by atoms with Crippen molar-refractivity contribution in [2.45, 2.75) is 19.5 Å². The van der Waals surface area contributed by atoms with Crippen molar-refractivity contribution in [1.29, 1.82) is 0 Å². The topological polar surface area (TPSA) is 85.7 Å². The third kappa shape index (κ3) is 4.07. The molecule has 1 unspecified atom stereocenters. The van der Waals surface area contributed by atoms with Crippen molar-refractivity contribution >= 4 is 17.3 Å². The van der Waals surface area contributed by atoms with Crippen molar-refractivity contribution in [3.63, 3.8) is 0 Å². The Kier molecular flexibility index (Phi) is 5.14. The Morgan fingerprint density at radius 1 is 1.65 bits per heavy atom. The quantitative estimate of drug-likeness (QED) is 0.627. The van der Waals surface area contributed by atoms with E-state index in [2.05, 4.69) is 15.3 Å². The molecule has 3 N–H and O–H groups in total. The maximum atomic E-state index is 5.78. The number of methoxy groups -OCH3 is 1. The van der Waals surface area contributed by atoms with Crippen LogP contribution in [0.2, 0.25) is 0 Å². The fourth-order valence-electron chi connectivity index (χ4n) is 1.65. The van der Waals surface area contributed by atoms with E-state index in [1.165, 1.54) is 0 Å². The first-order valence-electron chi connectivity index (χ1n) is 6.22. The lowest BCUT2D eigenvalue weighted by atomic mass is 10.4. The highest BCUT2D eigenvalue weighted by Crippen LogP contribution is 2.23. The Balaban J connectivity index is 1.90. The molecule has 2 heterocycles. The van der Waals surface area contributed by atoms with Crippen molar-refractivity contribution < 1.29 is 9.15 Å². The number of aromatic nitrogens is 1. The fourth-order valence-corrected chi connectivity index (χ4v) is 2.30. The monoisotopic (exact) mass is 294 g/mol. The number of rotatable bonds is 6. The molecule has 0 radical (unpaired) electrons. The van der Waals surface area contributed by atoms with Crippen molar-refractivity contribution in [1.82, 2.24) is 10.3 Å². The zero-order chi connectivity index (χ0) is 14.4. The summed E-state index contributed by atoms with van der Waals surface area (Å²) in [6.07, 6.45) is 1.60. The molecule has 2 rings (SSSR count). The molecule has 0 aliphatic carbocycles. The summed E-state index contributed by atoms with van der Waals surface area (Å²) < 4.78 is 10.4. The van der Waals surface area contributed by atoms with Crippen molar-refractivity contribution in [2.24, 2.45) is 10.7 Å². The van der Waals surface area contributed by atoms with Gasteiger partial charge in [0, 0.05) is 13.2 Å². The maximum absolute atomic E-state index is 5.78. The molecular weight excluding hydrogens is 276 g/mol. The van der Waals surface area contributed by atoms with Gasteiger partial charge in [0.1, 0.15) is 12.0 Å². The SMILES string of the molecule is COCC(C)NC(N)=NCc1coc(-c2cccs2)n1. The molecule has 7 heteroatoms. The molecule has 0 amide bonds. The molecular formula is C13H18N4O2S. The number of aliphatic imine (C=N–C) groups is 1. The number of ether oxygens (including phenoxy) is 1. The number of thiophene rings is 1. The first-order chi connectivity index (χ1) is 9.69. The number of nitrogens with zero attached hydrogens (tertiary/aromatic N) is 2. The molecule has 0 spiro atoms. The van der Waals surface area contributed by atoms with Crippen LogP contribution in [0.4, 0.5) is 0 Å².